The first kappa shape index (κ1) is 14.5. The molecule has 0 heterocycles. The number of benzene rings is 1. The van der Waals surface area contributed by atoms with E-state index in [-0.39, 0.29) is 4.75 Å². The molecule has 0 bridgehead atoms. The summed E-state index contributed by atoms with van der Waals surface area (Å²) < 4.78 is 17.6. The Balaban J connectivity index is 2.84. The largest absolute Gasteiger partial charge is 0.591 e. The van der Waals surface area contributed by atoms with Crippen LogP contribution < -0.4 is 0 Å². The molecule has 1 unspecified atom stereocenters. The van der Waals surface area contributed by atoms with Gasteiger partial charge in [0.2, 0.25) is 0 Å². The van der Waals surface area contributed by atoms with Gasteiger partial charge in [-0.1, -0.05) is 20.3 Å². The second-order valence-electron chi connectivity index (χ2n) is 4.30. The number of rotatable bonds is 2. The molecule has 0 spiro atoms. The molecule has 1 atom stereocenters. The van der Waals surface area contributed by atoms with E-state index in [1.54, 1.807) is 6.21 Å². The molecule has 0 amide bonds. The first-order chi connectivity index (χ1) is 7.29. The maximum atomic E-state index is 11.7. The van der Waals surface area contributed by atoms with Crippen molar-refractivity contribution in [2.75, 3.05) is 0 Å². The van der Waals surface area contributed by atoms with E-state index in [9.17, 15) is 4.55 Å². The zero-order chi connectivity index (χ0) is 12.3. The molecular formula is C11H13BrINOS. The molecule has 1 aromatic rings. The summed E-state index contributed by atoms with van der Waals surface area (Å²) in [4.78, 5) is 0. The van der Waals surface area contributed by atoms with Crippen LogP contribution in [0.1, 0.15) is 26.3 Å². The number of hydrogen-bond acceptors (Lipinski definition) is 2. The van der Waals surface area contributed by atoms with Gasteiger partial charge in [0.05, 0.1) is 6.21 Å². The van der Waals surface area contributed by atoms with Crippen LogP contribution >= 0.6 is 38.5 Å². The van der Waals surface area contributed by atoms with Crippen molar-refractivity contribution >= 4 is 56.1 Å². The van der Waals surface area contributed by atoms with Crippen LogP contribution in [0.5, 0.6) is 0 Å². The van der Waals surface area contributed by atoms with Gasteiger partial charge >= 0.3 is 0 Å². The highest BCUT2D eigenvalue weighted by molar-refractivity contribution is 14.1. The molecule has 1 aromatic carbocycles. The summed E-state index contributed by atoms with van der Waals surface area (Å²) in [6, 6.07) is 5.96. The zero-order valence-electron chi connectivity index (χ0n) is 9.33. The van der Waals surface area contributed by atoms with Crippen molar-refractivity contribution in [2.24, 2.45) is 4.40 Å². The number of halogens is 2. The topological polar surface area (TPSA) is 35.4 Å². The van der Waals surface area contributed by atoms with Crippen LogP contribution in [0.15, 0.2) is 27.1 Å². The van der Waals surface area contributed by atoms with Crippen LogP contribution in [0.2, 0.25) is 0 Å². The Bertz CT molecular complexity index is 383. The Morgan fingerprint density at radius 1 is 1.38 bits per heavy atom. The highest BCUT2D eigenvalue weighted by Gasteiger charge is 2.25. The summed E-state index contributed by atoms with van der Waals surface area (Å²) in [5.41, 5.74) is 0.955. The quantitative estimate of drug-likeness (QED) is 0.411. The summed E-state index contributed by atoms with van der Waals surface area (Å²) in [5, 5.41) is 0. The van der Waals surface area contributed by atoms with Gasteiger partial charge in [0.1, 0.15) is 16.1 Å². The number of hydrogen-bond donors (Lipinski definition) is 0. The Morgan fingerprint density at radius 3 is 2.50 bits per heavy atom. The Hall–Kier alpha value is 0.410. The number of nitrogens with zero attached hydrogens (tertiary/aromatic N) is 1. The lowest BCUT2D eigenvalue weighted by molar-refractivity contribution is 0.562. The molecule has 0 saturated carbocycles. The molecule has 0 aromatic heterocycles. The Labute approximate surface area is 122 Å². The fraction of sp³-hybridized carbons (Fsp3) is 0.364. The lowest BCUT2D eigenvalue weighted by Crippen LogP contribution is -2.25. The monoisotopic (exact) mass is 413 g/mol. The van der Waals surface area contributed by atoms with Crippen LogP contribution in [0.3, 0.4) is 0 Å². The Kier molecular flexibility index (Phi) is 5.28. The van der Waals surface area contributed by atoms with Crippen molar-refractivity contribution in [1.29, 1.82) is 0 Å². The fourth-order valence-corrected chi connectivity index (χ4v) is 3.08. The van der Waals surface area contributed by atoms with Gasteiger partial charge in [-0.15, -0.1) is 0 Å². The average Bonchev–Trinajstić information content (AvgIpc) is 2.11. The predicted octanol–water partition coefficient (Wildman–Crippen LogP) is 3.93. The maximum absolute atomic E-state index is 11.7. The first-order valence-corrected chi connectivity index (χ1v) is 7.69. The van der Waals surface area contributed by atoms with Crippen molar-refractivity contribution in [2.45, 2.75) is 25.5 Å². The summed E-state index contributed by atoms with van der Waals surface area (Å²) in [7, 11) is 0. The molecule has 0 aliphatic carbocycles. The van der Waals surface area contributed by atoms with E-state index in [1.807, 2.05) is 39.0 Å². The predicted molar refractivity (Wildman–Crippen MR) is 82.3 cm³/mol. The maximum Gasteiger partial charge on any atom is 0.144 e. The second kappa shape index (κ2) is 5.84. The van der Waals surface area contributed by atoms with Crippen molar-refractivity contribution in [3.63, 3.8) is 0 Å². The minimum Gasteiger partial charge on any atom is -0.591 e. The lowest BCUT2D eigenvalue weighted by Gasteiger charge is -2.17. The highest BCUT2D eigenvalue weighted by atomic mass is 127. The van der Waals surface area contributed by atoms with Crippen LogP contribution in [0.4, 0.5) is 0 Å². The van der Waals surface area contributed by atoms with Crippen LogP contribution in [0, 0.1) is 3.57 Å². The smallest absolute Gasteiger partial charge is 0.144 e. The van der Waals surface area contributed by atoms with E-state index in [0.717, 1.165) is 13.6 Å². The molecular weight excluding hydrogens is 401 g/mol. The van der Waals surface area contributed by atoms with E-state index < -0.39 is 11.4 Å². The minimum atomic E-state index is -1.20. The molecule has 1 rings (SSSR count). The molecule has 16 heavy (non-hydrogen) atoms. The second-order valence-corrected chi connectivity index (χ2v) is 8.39. The summed E-state index contributed by atoms with van der Waals surface area (Å²) in [5.74, 6) is 0. The van der Waals surface area contributed by atoms with Crippen molar-refractivity contribution in [3.8, 4) is 0 Å². The highest BCUT2D eigenvalue weighted by Crippen LogP contribution is 2.19. The zero-order valence-corrected chi connectivity index (χ0v) is 13.9. The summed E-state index contributed by atoms with van der Waals surface area (Å²) >= 11 is 4.45. The molecule has 0 aliphatic heterocycles. The third-order valence-corrected chi connectivity index (χ3v) is 4.13. The SMILES string of the molecule is CC(C)(C)[S+]([O-])N=Cc1cc(Br)cc(I)c1. The average molecular weight is 414 g/mol. The molecule has 0 aliphatic rings. The molecule has 2 nitrogen and oxygen atoms in total. The van der Waals surface area contributed by atoms with E-state index in [2.05, 4.69) is 42.9 Å². The molecule has 0 radical (unpaired) electrons. The normalized spacial score (nSPS) is 14.4. The molecule has 0 saturated heterocycles. The fourth-order valence-electron chi connectivity index (χ4n) is 0.917. The van der Waals surface area contributed by atoms with E-state index in [0.29, 0.717) is 0 Å². The third kappa shape index (κ3) is 4.73. The summed E-state index contributed by atoms with van der Waals surface area (Å²) in [6.07, 6.45) is 1.66. The standard InChI is InChI=1S/C11H13BrINOS/c1-11(2,3)16(15)14-7-8-4-9(12)6-10(13)5-8/h4-7H,1-3H3. The molecule has 88 valence electrons. The minimum absolute atomic E-state index is 0.310. The van der Waals surface area contributed by atoms with Gasteiger partial charge in [-0.2, -0.15) is 0 Å². The van der Waals surface area contributed by atoms with Crippen LogP contribution in [0.25, 0.3) is 0 Å². The first-order valence-electron chi connectivity index (χ1n) is 4.71. The van der Waals surface area contributed by atoms with Crippen molar-refractivity contribution in [3.05, 3.63) is 31.8 Å². The van der Waals surface area contributed by atoms with Gasteiger partial charge < -0.3 is 4.55 Å². The van der Waals surface area contributed by atoms with E-state index in [1.165, 1.54) is 0 Å². The van der Waals surface area contributed by atoms with Gasteiger partial charge in [0, 0.05) is 8.04 Å². The van der Waals surface area contributed by atoms with E-state index >= 15 is 0 Å². The third-order valence-electron chi connectivity index (χ3n) is 1.71. The van der Waals surface area contributed by atoms with Gasteiger partial charge in [0.15, 0.2) is 0 Å². The van der Waals surface area contributed by atoms with Gasteiger partial charge in [0.25, 0.3) is 0 Å². The van der Waals surface area contributed by atoms with Gasteiger partial charge in [-0.05, 0) is 67.1 Å². The molecule has 0 fully saturated rings. The van der Waals surface area contributed by atoms with Gasteiger partial charge in [-0.25, -0.2) is 0 Å². The molecule has 0 N–H and O–H groups in total. The van der Waals surface area contributed by atoms with Gasteiger partial charge in [-0.3, -0.25) is 0 Å². The van der Waals surface area contributed by atoms with E-state index in [4.69, 9.17) is 0 Å². The molecule has 5 heteroatoms. The van der Waals surface area contributed by atoms with Crippen molar-refractivity contribution < 1.29 is 4.55 Å². The van der Waals surface area contributed by atoms with Crippen LogP contribution in [-0.4, -0.2) is 15.5 Å². The lowest BCUT2D eigenvalue weighted by atomic mass is 10.2. The summed E-state index contributed by atoms with van der Waals surface area (Å²) in [6.45, 7) is 5.72. The van der Waals surface area contributed by atoms with Crippen LogP contribution in [-0.2, 0) is 11.4 Å². The Morgan fingerprint density at radius 2 is 2.00 bits per heavy atom. The van der Waals surface area contributed by atoms with Crippen molar-refractivity contribution in [1.82, 2.24) is 0 Å².